The Kier molecular flexibility index (Phi) is 21.3. The summed E-state index contributed by atoms with van der Waals surface area (Å²) in [5, 5.41) is 11.5. The summed E-state index contributed by atoms with van der Waals surface area (Å²) in [6.07, 6.45) is 0. The van der Waals surface area contributed by atoms with Crippen LogP contribution in [0.4, 0.5) is 28.4 Å². The van der Waals surface area contributed by atoms with Gasteiger partial charge in [-0.2, -0.15) is 0 Å². The van der Waals surface area contributed by atoms with Gasteiger partial charge in [0.1, 0.15) is 5.75 Å². The van der Waals surface area contributed by atoms with E-state index in [9.17, 15) is 11.0 Å². The van der Waals surface area contributed by atoms with Crippen molar-refractivity contribution in [1.82, 2.24) is 0 Å². The number of nitrogens with one attached hydrogen (secondary N) is 1. The van der Waals surface area contributed by atoms with Gasteiger partial charge >= 0.3 is 7.69 Å². The second kappa shape index (κ2) is 45.6. The van der Waals surface area contributed by atoms with Crippen molar-refractivity contribution in [3.63, 3.8) is 0 Å². The molecule has 0 aliphatic heterocycles. The second-order valence-electron chi connectivity index (χ2n) is 28.1. The van der Waals surface area contributed by atoms with E-state index in [1.165, 1.54) is 0 Å². The van der Waals surface area contributed by atoms with Crippen molar-refractivity contribution < 1.29 is 48.1 Å². The van der Waals surface area contributed by atoms with Crippen molar-refractivity contribution in [3.8, 4) is 139 Å². The first-order valence-electron chi connectivity index (χ1n) is 54.3. The number of benzene rings is 20. The van der Waals surface area contributed by atoms with E-state index in [-0.39, 0.29) is 152 Å². The van der Waals surface area contributed by atoms with Crippen LogP contribution in [0.25, 0.3) is 134 Å². The van der Waals surface area contributed by atoms with Gasteiger partial charge in [-0.3, -0.25) is 0 Å². The van der Waals surface area contributed by atoms with Crippen LogP contribution in [0, 0.1) is 3.57 Å². The fourth-order valence-corrected chi connectivity index (χ4v) is 14.2. The maximum atomic E-state index is 9.53. The molecule has 0 aliphatic carbocycles. The molecule has 20 aromatic carbocycles. The lowest BCUT2D eigenvalue weighted by Gasteiger charge is -2.26. The molecule has 0 atom stereocenters. The average Bonchev–Trinajstić information content (AvgIpc) is 0.716. The Labute approximate surface area is 830 Å². The van der Waals surface area contributed by atoms with Crippen LogP contribution in [0.5, 0.6) is 5.75 Å². The molecule has 0 saturated heterocycles. The van der Waals surface area contributed by atoms with E-state index >= 15 is 0 Å². The van der Waals surface area contributed by atoms with Gasteiger partial charge in [-0.15, -0.1) is 0 Å². The summed E-state index contributed by atoms with van der Waals surface area (Å²) in [5.74, 6) is 0.607. The van der Waals surface area contributed by atoms with Crippen molar-refractivity contribution in [1.29, 1.82) is 0 Å². The minimum Gasteiger partial charge on any atom is -0.537 e. The SMILES string of the molecule is C.O[B]Oc1ccc(-c2ccccc2)c(-c2ccccc2)c1.[2H]c1c([2H])c(-c2ccc(-c3ccccc3)c(-c3ccccc3)c2)c([2H])c([2H])c1Br.[2H]c1c([2H])c(-c2ccccc2)c([2H])c([2H])c1Nc1c([2H])c([2H])c(-c2ccccc2)c([2H])c1[2H].[2H]c1c([2H])c(I)c([2H])c([2H])c1Br.[2H]c1c([2H])c(N(c2c([2H])c([2H])c(-c3ccccc3)c([2H])c2[2H])c2c([2H])c([2H])c(-c3ccc(-c4ccccc4)c(-c4ccccc4)c3)c([2H])c2[2H])c([2H])c([2H])c1-c1ccccc1. The van der Waals surface area contributed by atoms with Crippen LogP contribution in [0.3, 0.4) is 0 Å². The molecule has 0 aliphatic rings. The summed E-state index contributed by atoms with van der Waals surface area (Å²) in [6.45, 7) is 0. The molecular formula is C121H93BBr2IN2O2. The Bertz CT molecular complexity index is 8220. The summed E-state index contributed by atoms with van der Waals surface area (Å²) in [4.78, 5) is 0.837. The molecule has 0 saturated carbocycles. The summed E-state index contributed by atoms with van der Waals surface area (Å²) < 4.78 is 248. The van der Waals surface area contributed by atoms with Gasteiger partial charge in [-0.05, 0) is 277 Å². The molecule has 2 N–H and O–H groups in total. The Hall–Kier alpha value is -14.5. The fourth-order valence-electron chi connectivity index (χ4n) is 13.6. The lowest BCUT2D eigenvalue weighted by molar-refractivity contribution is 0.454. The Balaban J connectivity index is 0.000000160. The number of rotatable bonds is 19. The van der Waals surface area contributed by atoms with Gasteiger partial charge in [0, 0.05) is 41.0 Å². The standard InChI is InChI=1S/C48H35N.C24H17Br.C24H19N.C18H14BO2.C6H4BrI.CH4/c1-5-13-36(14-6-1)38-21-28-44(29-22-38)49(45-30-23-39(24-31-45)37-15-7-2-8-16-37)46-32-25-40(26-33-46)43-27-34-47(41-17-9-3-10-18-41)48(35-43)42-19-11-4-12-20-42;25-22-14-11-18(12-15-22)21-13-16-23(19-7-3-1-4-8-19)24(17-21)20-9-5-2-6-10-20;1-3-7-19(8-4-1)21-11-15-23(16-12-21)25-24-17-13-22(14-18-24)20-9-5-2-6-10-20;20-19-21-16-11-12-17(14-7-3-1-4-8-14)18(13-16)15-9-5-2-6-10-15;7-5-1-3-6(8)4-2-5;/h1-35H;1-17H;1-18,25H;1-13,20H;1-4H;1H4/i21D,22D,23D,24D,25D,26D,28D,29D,30D,31D,32D,33D;11D,12D,14D,15D;11D,12D,13D,14D,15D,16D,17D,18D;;1D,2D,3D,4D;. The number of nitrogens with zero attached hydrogens (tertiary/aromatic N) is 1. The minimum atomic E-state index is -0.669. The Morgan fingerprint density at radius 3 is 0.721 bits per heavy atom. The molecule has 0 spiro atoms. The van der Waals surface area contributed by atoms with E-state index in [0.717, 1.165) is 71.7 Å². The molecule has 0 unspecified atom stereocenters. The zero-order valence-electron chi connectivity index (χ0n) is 96.1. The first-order valence-corrected chi connectivity index (χ1v) is 42.9. The van der Waals surface area contributed by atoms with E-state index < -0.39 is 89.6 Å². The van der Waals surface area contributed by atoms with Crippen LogP contribution in [0.2, 0.25) is 0 Å². The van der Waals surface area contributed by atoms with Crippen molar-refractivity contribution >= 4 is 90.6 Å². The molecule has 0 aromatic heterocycles. The van der Waals surface area contributed by atoms with Crippen LogP contribution < -0.4 is 14.9 Å². The monoisotopic (exact) mass is 1930 g/mol. The molecule has 0 bridgehead atoms. The van der Waals surface area contributed by atoms with Crippen molar-refractivity contribution in [2.45, 2.75) is 7.43 Å². The maximum absolute atomic E-state index is 9.53. The second-order valence-corrected chi connectivity index (χ2v) is 30.7. The van der Waals surface area contributed by atoms with Gasteiger partial charge < -0.3 is 19.9 Å². The fraction of sp³-hybridized carbons (Fsp3) is 0.00826. The van der Waals surface area contributed by atoms with Gasteiger partial charge in [-0.25, -0.2) is 0 Å². The minimum absolute atomic E-state index is 0. The largest absolute Gasteiger partial charge is 0.569 e. The molecule has 8 heteroatoms. The van der Waals surface area contributed by atoms with E-state index in [4.69, 9.17) is 37.1 Å². The molecule has 20 rings (SSSR count). The highest BCUT2D eigenvalue weighted by atomic mass is 127. The zero-order chi connectivity index (χ0) is 112. The molecule has 20 aromatic rings. The summed E-state index contributed by atoms with van der Waals surface area (Å²) in [5.41, 5.74) is 13.2. The number of hydrogen-bond donors (Lipinski definition) is 2. The topological polar surface area (TPSA) is 44.7 Å². The summed E-state index contributed by atoms with van der Waals surface area (Å²) in [6, 6.07) is 101. The van der Waals surface area contributed by atoms with Gasteiger partial charge in [0.2, 0.25) is 0 Å². The van der Waals surface area contributed by atoms with Crippen LogP contribution in [0.1, 0.15) is 45.8 Å². The Morgan fingerprint density at radius 2 is 0.450 bits per heavy atom. The van der Waals surface area contributed by atoms with Crippen LogP contribution in [-0.2, 0) is 0 Å². The third-order valence-electron chi connectivity index (χ3n) is 19.7. The highest BCUT2D eigenvalue weighted by Crippen LogP contribution is 2.43. The lowest BCUT2D eigenvalue weighted by Crippen LogP contribution is -2.09. The van der Waals surface area contributed by atoms with Crippen molar-refractivity contribution in [3.05, 3.63) is 540 Å². The van der Waals surface area contributed by atoms with Gasteiger partial charge in [0.15, 0.2) is 0 Å². The van der Waals surface area contributed by atoms with Gasteiger partial charge in [0.05, 0.1) is 38.4 Å². The number of halogens is 3. The van der Waals surface area contributed by atoms with Crippen LogP contribution in [-0.4, -0.2) is 12.7 Å². The number of anilines is 5. The summed E-state index contributed by atoms with van der Waals surface area (Å²) in [7, 11) is 0.701. The normalized spacial score (nSPS) is 13.5. The molecule has 0 heterocycles. The third kappa shape index (κ3) is 24.2. The molecular weight excluding hydrogens is 1810 g/mol. The maximum Gasteiger partial charge on any atom is 0.569 e. The predicted molar refractivity (Wildman–Crippen MR) is 565 cm³/mol. The first kappa shape index (κ1) is 60.2. The van der Waals surface area contributed by atoms with E-state index in [1.807, 2.05) is 188 Å². The van der Waals surface area contributed by atoms with Gasteiger partial charge in [-0.1, -0.05) is 445 Å². The third-order valence-corrected chi connectivity index (χ3v) is 21.1. The smallest absolute Gasteiger partial charge is 0.537 e. The highest BCUT2D eigenvalue weighted by Gasteiger charge is 2.18. The van der Waals surface area contributed by atoms with E-state index in [0.29, 0.717) is 55.9 Å². The highest BCUT2D eigenvalue weighted by molar-refractivity contribution is 14.1. The Morgan fingerprint density at radius 1 is 0.233 bits per heavy atom. The van der Waals surface area contributed by atoms with Crippen molar-refractivity contribution in [2.24, 2.45) is 0 Å². The van der Waals surface area contributed by atoms with Crippen LogP contribution >= 0.6 is 54.5 Å². The average molecular weight is 1930 g/mol. The summed E-state index contributed by atoms with van der Waals surface area (Å²) >= 11 is 7.96. The lowest BCUT2D eigenvalue weighted by atomic mass is 9.91. The number of hydrogen-bond acceptors (Lipinski definition) is 4. The molecule has 0 fully saturated rings. The van der Waals surface area contributed by atoms with Crippen molar-refractivity contribution in [2.75, 3.05) is 10.2 Å². The van der Waals surface area contributed by atoms with E-state index in [1.54, 1.807) is 156 Å². The van der Waals surface area contributed by atoms with E-state index in [2.05, 4.69) is 73.6 Å². The zero-order valence-corrected chi connectivity index (χ0v) is 73.4. The molecule has 4 nitrogen and oxygen atoms in total. The van der Waals surface area contributed by atoms with Gasteiger partial charge in [0.25, 0.3) is 0 Å². The predicted octanol–water partition coefficient (Wildman–Crippen LogP) is 35.3. The molecule has 129 heavy (non-hydrogen) atoms. The quantitative estimate of drug-likeness (QED) is 0.0626. The molecule has 1 radical (unpaired) electrons. The molecule has 0 amide bonds. The first-order chi connectivity index (χ1) is 74.9. The van der Waals surface area contributed by atoms with Crippen LogP contribution in [0.15, 0.2) is 536 Å². The molecule has 623 valence electrons.